The predicted octanol–water partition coefficient (Wildman–Crippen LogP) is 2.98. The van der Waals surface area contributed by atoms with Crippen LogP contribution in [0.2, 0.25) is 0 Å². The lowest BCUT2D eigenvalue weighted by Gasteiger charge is -2.29. The molecule has 0 aliphatic carbocycles. The maximum Gasteiger partial charge on any atom is 0.262 e. The normalized spacial score (nSPS) is 15.4. The molecule has 2 heterocycles. The third-order valence-electron chi connectivity index (χ3n) is 4.47. The molecule has 1 aromatic carbocycles. The Labute approximate surface area is 163 Å². The van der Waals surface area contributed by atoms with E-state index >= 15 is 0 Å². The molecule has 1 atom stereocenters. The second-order valence-electron chi connectivity index (χ2n) is 6.81. The summed E-state index contributed by atoms with van der Waals surface area (Å²) in [6.07, 6.45) is 0. The molecule has 1 aliphatic rings. The van der Waals surface area contributed by atoms with Gasteiger partial charge in [-0.1, -0.05) is 26.0 Å². The Morgan fingerprint density at radius 1 is 1.15 bits per heavy atom. The zero-order valence-corrected chi connectivity index (χ0v) is 16.4. The average molecular weight is 388 g/mol. The summed E-state index contributed by atoms with van der Waals surface area (Å²) in [5.41, 5.74) is 1.78. The van der Waals surface area contributed by atoms with E-state index in [0.29, 0.717) is 18.1 Å². The van der Waals surface area contributed by atoms with E-state index in [-0.39, 0.29) is 17.7 Å². The molecule has 6 nitrogen and oxygen atoms in total. The summed E-state index contributed by atoms with van der Waals surface area (Å²) in [6, 6.07) is 10.7. The molecule has 144 valence electrons. The smallest absolute Gasteiger partial charge is 0.262 e. The topological polar surface area (TPSA) is 70.7 Å². The molecule has 2 N–H and O–H groups in total. The summed E-state index contributed by atoms with van der Waals surface area (Å²) in [7, 11) is 0. The maximum atomic E-state index is 12.8. The Bertz CT molecular complexity index is 771. The number of carbonyl (C=O) groups is 2. The van der Waals surface area contributed by atoms with Crippen LogP contribution in [-0.4, -0.2) is 44.2 Å². The first kappa shape index (κ1) is 19.4. The lowest BCUT2D eigenvalue weighted by molar-refractivity contribution is -0.118. The highest BCUT2D eigenvalue weighted by Crippen LogP contribution is 2.21. The second kappa shape index (κ2) is 9.01. The van der Waals surface area contributed by atoms with E-state index in [9.17, 15) is 9.59 Å². The summed E-state index contributed by atoms with van der Waals surface area (Å²) in [5.74, 6) is -0.466. The Balaban J connectivity index is 1.67. The van der Waals surface area contributed by atoms with Crippen molar-refractivity contribution in [2.45, 2.75) is 19.9 Å². The third-order valence-corrected chi connectivity index (χ3v) is 5.34. The van der Waals surface area contributed by atoms with Crippen molar-refractivity contribution in [3.8, 4) is 0 Å². The van der Waals surface area contributed by atoms with Gasteiger partial charge in [0, 0.05) is 24.5 Å². The summed E-state index contributed by atoms with van der Waals surface area (Å²) < 4.78 is 5.39. The van der Waals surface area contributed by atoms with Gasteiger partial charge in [-0.05, 0) is 35.6 Å². The van der Waals surface area contributed by atoms with Gasteiger partial charge in [0.25, 0.3) is 5.91 Å². The van der Waals surface area contributed by atoms with E-state index in [4.69, 9.17) is 4.74 Å². The SMILES string of the molecule is CC(C)C(NC(=O)c1cccs1)C(=O)Nc1cccc(N2CCOCC2)c1. The van der Waals surface area contributed by atoms with Crippen LogP contribution in [0.4, 0.5) is 11.4 Å². The molecule has 1 unspecified atom stereocenters. The molecule has 0 radical (unpaired) electrons. The van der Waals surface area contributed by atoms with Crippen LogP contribution in [0, 0.1) is 5.92 Å². The molecule has 1 aromatic heterocycles. The quantitative estimate of drug-likeness (QED) is 0.799. The van der Waals surface area contributed by atoms with Gasteiger partial charge < -0.3 is 20.3 Å². The van der Waals surface area contributed by atoms with Crippen molar-refractivity contribution in [1.29, 1.82) is 0 Å². The number of rotatable bonds is 6. The van der Waals surface area contributed by atoms with E-state index in [2.05, 4.69) is 15.5 Å². The van der Waals surface area contributed by atoms with Gasteiger partial charge in [-0.2, -0.15) is 0 Å². The van der Waals surface area contributed by atoms with Crippen LogP contribution < -0.4 is 15.5 Å². The first-order chi connectivity index (χ1) is 13.0. The number of ether oxygens (including phenoxy) is 1. The number of hydrogen-bond acceptors (Lipinski definition) is 5. The van der Waals surface area contributed by atoms with Crippen LogP contribution in [0.3, 0.4) is 0 Å². The molecule has 27 heavy (non-hydrogen) atoms. The van der Waals surface area contributed by atoms with Crippen molar-refractivity contribution in [3.05, 3.63) is 46.7 Å². The first-order valence-corrected chi connectivity index (χ1v) is 10.0. The fourth-order valence-corrected chi connectivity index (χ4v) is 3.60. The molecule has 1 fully saturated rings. The molecular weight excluding hydrogens is 362 g/mol. The van der Waals surface area contributed by atoms with Crippen LogP contribution in [0.5, 0.6) is 0 Å². The van der Waals surface area contributed by atoms with Crippen molar-refractivity contribution in [1.82, 2.24) is 5.32 Å². The molecule has 7 heteroatoms. The minimum atomic E-state index is -0.605. The highest BCUT2D eigenvalue weighted by atomic mass is 32.1. The second-order valence-corrected chi connectivity index (χ2v) is 7.76. The molecule has 0 spiro atoms. The Kier molecular flexibility index (Phi) is 6.47. The Hall–Kier alpha value is -2.38. The van der Waals surface area contributed by atoms with Crippen molar-refractivity contribution in [3.63, 3.8) is 0 Å². The van der Waals surface area contributed by atoms with Gasteiger partial charge in [0.2, 0.25) is 5.91 Å². The molecule has 1 saturated heterocycles. The number of carbonyl (C=O) groups excluding carboxylic acids is 2. The minimum absolute atomic E-state index is 0.0312. The van der Waals surface area contributed by atoms with E-state index in [0.717, 1.165) is 24.5 Å². The molecule has 1 aliphatic heterocycles. The van der Waals surface area contributed by atoms with Gasteiger partial charge in [0.05, 0.1) is 18.1 Å². The Morgan fingerprint density at radius 2 is 1.93 bits per heavy atom. The van der Waals surface area contributed by atoms with Crippen molar-refractivity contribution in [2.75, 3.05) is 36.5 Å². The van der Waals surface area contributed by atoms with Gasteiger partial charge in [-0.3, -0.25) is 9.59 Å². The zero-order valence-electron chi connectivity index (χ0n) is 15.6. The van der Waals surface area contributed by atoms with Crippen LogP contribution in [0.25, 0.3) is 0 Å². The molecule has 3 rings (SSSR count). The predicted molar refractivity (Wildman–Crippen MR) is 109 cm³/mol. The molecular formula is C20H25N3O3S. The van der Waals surface area contributed by atoms with E-state index in [1.165, 1.54) is 11.3 Å². The van der Waals surface area contributed by atoms with Crippen LogP contribution in [0.15, 0.2) is 41.8 Å². The third kappa shape index (κ3) is 5.08. The maximum absolute atomic E-state index is 12.8. The van der Waals surface area contributed by atoms with Crippen LogP contribution in [0.1, 0.15) is 23.5 Å². The zero-order chi connectivity index (χ0) is 19.2. The summed E-state index contributed by atoms with van der Waals surface area (Å²) in [4.78, 5) is 28.0. The summed E-state index contributed by atoms with van der Waals surface area (Å²) in [6.45, 7) is 6.93. The van der Waals surface area contributed by atoms with Gasteiger partial charge >= 0.3 is 0 Å². The van der Waals surface area contributed by atoms with Crippen LogP contribution >= 0.6 is 11.3 Å². The first-order valence-electron chi connectivity index (χ1n) is 9.12. The van der Waals surface area contributed by atoms with E-state index in [1.54, 1.807) is 6.07 Å². The number of nitrogens with one attached hydrogen (secondary N) is 2. The fourth-order valence-electron chi connectivity index (χ4n) is 2.98. The lowest BCUT2D eigenvalue weighted by Crippen LogP contribution is -2.47. The minimum Gasteiger partial charge on any atom is -0.378 e. The number of nitrogens with zero attached hydrogens (tertiary/aromatic N) is 1. The van der Waals surface area contributed by atoms with Gasteiger partial charge in [-0.15, -0.1) is 11.3 Å². The lowest BCUT2D eigenvalue weighted by atomic mass is 10.0. The number of benzene rings is 1. The van der Waals surface area contributed by atoms with Gasteiger partial charge in [-0.25, -0.2) is 0 Å². The average Bonchev–Trinajstić information content (AvgIpc) is 3.21. The molecule has 2 amide bonds. The fraction of sp³-hybridized carbons (Fsp3) is 0.400. The molecule has 0 saturated carbocycles. The highest BCUT2D eigenvalue weighted by Gasteiger charge is 2.25. The van der Waals surface area contributed by atoms with E-state index in [1.807, 2.05) is 49.6 Å². The van der Waals surface area contributed by atoms with Crippen molar-refractivity contribution in [2.24, 2.45) is 5.92 Å². The Morgan fingerprint density at radius 3 is 2.59 bits per heavy atom. The summed E-state index contributed by atoms with van der Waals surface area (Å²) in [5, 5.41) is 7.64. The van der Waals surface area contributed by atoms with Gasteiger partial charge in [0.15, 0.2) is 0 Å². The number of amides is 2. The standard InChI is InChI=1S/C20H25N3O3S/c1-14(2)18(22-19(24)17-7-4-12-27-17)20(25)21-15-5-3-6-16(13-15)23-8-10-26-11-9-23/h3-7,12-14,18H,8-11H2,1-2H3,(H,21,25)(H,22,24). The van der Waals surface area contributed by atoms with E-state index < -0.39 is 6.04 Å². The van der Waals surface area contributed by atoms with Crippen LogP contribution in [-0.2, 0) is 9.53 Å². The largest absolute Gasteiger partial charge is 0.378 e. The summed E-state index contributed by atoms with van der Waals surface area (Å²) >= 11 is 1.36. The van der Waals surface area contributed by atoms with Crippen molar-refractivity contribution >= 4 is 34.5 Å². The number of morpholine rings is 1. The number of thiophene rings is 1. The highest BCUT2D eigenvalue weighted by molar-refractivity contribution is 7.12. The monoisotopic (exact) mass is 387 g/mol. The number of anilines is 2. The molecule has 0 bridgehead atoms. The number of hydrogen-bond donors (Lipinski definition) is 2. The van der Waals surface area contributed by atoms with Gasteiger partial charge in [0.1, 0.15) is 6.04 Å². The van der Waals surface area contributed by atoms with Crippen molar-refractivity contribution < 1.29 is 14.3 Å². The molecule has 2 aromatic rings.